The van der Waals surface area contributed by atoms with Crippen LogP contribution in [0.4, 0.5) is 0 Å². The van der Waals surface area contributed by atoms with Gasteiger partial charge in [0.25, 0.3) is 0 Å². The van der Waals surface area contributed by atoms with Crippen molar-refractivity contribution >= 4 is 23.5 Å². The van der Waals surface area contributed by atoms with Crippen molar-refractivity contribution in [1.82, 2.24) is 4.90 Å². The quantitative estimate of drug-likeness (QED) is 0.244. The van der Waals surface area contributed by atoms with Gasteiger partial charge in [0, 0.05) is 12.0 Å². The first-order valence-electron chi connectivity index (χ1n) is 15.1. The van der Waals surface area contributed by atoms with E-state index in [1.165, 1.54) is 28.7 Å². The molecule has 5 heteroatoms. The average molecular weight is 540 g/mol. The van der Waals surface area contributed by atoms with Crippen LogP contribution in [-0.4, -0.2) is 40.6 Å². The highest BCUT2D eigenvalue weighted by Crippen LogP contribution is 2.50. The van der Waals surface area contributed by atoms with E-state index in [1.54, 1.807) is 4.90 Å². The molecule has 2 amide bonds. The zero-order valence-corrected chi connectivity index (χ0v) is 24.0. The summed E-state index contributed by atoms with van der Waals surface area (Å²) in [4.78, 5) is 28.9. The van der Waals surface area contributed by atoms with E-state index < -0.39 is 0 Å². The molecular weight excluding hydrogens is 498 g/mol. The molecule has 0 spiro atoms. The van der Waals surface area contributed by atoms with Crippen LogP contribution in [0.15, 0.2) is 53.6 Å². The van der Waals surface area contributed by atoms with Crippen LogP contribution in [0.2, 0.25) is 0 Å². The summed E-state index contributed by atoms with van der Waals surface area (Å²) in [6.07, 6.45) is 9.84. The molecular formula is C35H41NO4. The molecule has 1 saturated carbocycles. The third-order valence-electron chi connectivity index (χ3n) is 9.80. The zero-order chi connectivity index (χ0) is 28.0. The highest BCUT2D eigenvalue weighted by atomic mass is 16.5. The number of fused-ring (bicyclic) bond motifs is 3. The molecule has 210 valence electrons. The number of aromatic hydroxyl groups is 1. The smallest absolute Gasteiger partial charge is 0.234 e. The number of aryl methyl sites for hydroxylation is 2. The molecule has 0 unspecified atom stereocenters. The predicted molar refractivity (Wildman–Crippen MR) is 157 cm³/mol. The van der Waals surface area contributed by atoms with Gasteiger partial charge in [0.1, 0.15) is 5.75 Å². The monoisotopic (exact) mass is 539 g/mol. The Morgan fingerprint density at radius 3 is 2.38 bits per heavy atom. The van der Waals surface area contributed by atoms with Gasteiger partial charge in [-0.1, -0.05) is 61.2 Å². The molecule has 2 aliphatic heterocycles. The largest absolute Gasteiger partial charge is 0.507 e. The molecule has 2 heterocycles. The third-order valence-corrected chi connectivity index (χ3v) is 9.80. The fourth-order valence-corrected chi connectivity index (χ4v) is 7.87. The zero-order valence-electron chi connectivity index (χ0n) is 24.0. The number of benzene rings is 2. The van der Waals surface area contributed by atoms with Crippen molar-refractivity contribution in [2.45, 2.75) is 84.3 Å². The van der Waals surface area contributed by atoms with Crippen molar-refractivity contribution in [3.05, 3.63) is 75.9 Å². The van der Waals surface area contributed by atoms with E-state index in [0.29, 0.717) is 18.8 Å². The molecule has 4 aliphatic rings. The molecule has 1 N–H and O–H groups in total. The van der Waals surface area contributed by atoms with Crippen LogP contribution in [0.1, 0.15) is 80.5 Å². The van der Waals surface area contributed by atoms with E-state index in [2.05, 4.69) is 37.3 Å². The number of amides is 2. The number of hydrogen-bond acceptors (Lipinski definition) is 4. The molecule has 2 aromatic carbocycles. The average Bonchev–Trinajstić information content (AvgIpc) is 3.49. The standard InChI is InChI=1S/C35H41NO4/c1-21-18-28-32(35(39)36(34(28)38)27-12-8-5-9-13-27)29-20-40-30(31(21)29)15-14-26(25-10-6-4-7-11-25)19-24-16-22(2)33(37)23(3)17-24/h4,6-7,10-11,16-17,19,27-30,32,37H,5,8-9,12-15,18,20H2,1-3H3/b26-19-/t28-,29+,30-,32-/m1/s1. The number of ether oxygens (including phenoxy) is 1. The van der Waals surface area contributed by atoms with E-state index in [9.17, 15) is 14.7 Å². The van der Waals surface area contributed by atoms with Crippen molar-refractivity contribution in [1.29, 1.82) is 0 Å². The summed E-state index contributed by atoms with van der Waals surface area (Å²) >= 11 is 0. The summed E-state index contributed by atoms with van der Waals surface area (Å²) in [5, 5.41) is 10.3. The molecule has 2 aromatic rings. The normalized spacial score (nSPS) is 27.4. The van der Waals surface area contributed by atoms with Gasteiger partial charge in [-0.05, 0) is 98.4 Å². The Morgan fingerprint density at radius 2 is 1.68 bits per heavy atom. The van der Waals surface area contributed by atoms with Gasteiger partial charge in [-0.3, -0.25) is 14.5 Å². The Kier molecular flexibility index (Phi) is 7.43. The van der Waals surface area contributed by atoms with Gasteiger partial charge in [0.2, 0.25) is 11.8 Å². The van der Waals surface area contributed by atoms with Gasteiger partial charge < -0.3 is 9.84 Å². The van der Waals surface area contributed by atoms with E-state index in [-0.39, 0.29) is 41.7 Å². The lowest BCUT2D eigenvalue weighted by Gasteiger charge is -2.31. The maximum atomic E-state index is 13.7. The third kappa shape index (κ3) is 4.83. The Hall–Kier alpha value is -3.18. The second-order valence-electron chi connectivity index (χ2n) is 12.4. The minimum absolute atomic E-state index is 0.0142. The maximum Gasteiger partial charge on any atom is 0.234 e. The SMILES string of the molecule is CC1=C2[C@@H](CC/C(=C/c3cc(C)c(O)c(C)c3)c3ccccc3)OC[C@@H]2[C@@H]2C(=O)N(C3CCCCC3)C(=O)[C@@H]2C1. The van der Waals surface area contributed by atoms with E-state index in [4.69, 9.17) is 4.74 Å². The molecule has 5 nitrogen and oxygen atoms in total. The van der Waals surface area contributed by atoms with Crippen LogP contribution in [0, 0.1) is 31.6 Å². The van der Waals surface area contributed by atoms with Crippen molar-refractivity contribution in [3.8, 4) is 5.75 Å². The second kappa shape index (κ2) is 11.0. The first kappa shape index (κ1) is 27.0. The van der Waals surface area contributed by atoms with Crippen LogP contribution in [0.3, 0.4) is 0 Å². The van der Waals surface area contributed by atoms with Gasteiger partial charge in [-0.15, -0.1) is 0 Å². The molecule has 40 heavy (non-hydrogen) atoms. The summed E-state index contributed by atoms with van der Waals surface area (Å²) in [7, 11) is 0. The number of carbonyl (C=O) groups is 2. The Bertz CT molecular complexity index is 1340. The Labute approximate surface area is 237 Å². The van der Waals surface area contributed by atoms with Crippen molar-refractivity contribution in [3.63, 3.8) is 0 Å². The van der Waals surface area contributed by atoms with Crippen LogP contribution >= 0.6 is 0 Å². The fraction of sp³-hybridized carbons (Fsp3) is 0.486. The van der Waals surface area contributed by atoms with Gasteiger partial charge in [-0.2, -0.15) is 0 Å². The van der Waals surface area contributed by atoms with Crippen molar-refractivity contribution in [2.75, 3.05) is 6.61 Å². The highest BCUT2D eigenvalue weighted by molar-refractivity contribution is 6.06. The number of allylic oxidation sites excluding steroid dienone is 2. The first-order chi connectivity index (χ1) is 19.3. The van der Waals surface area contributed by atoms with Gasteiger partial charge in [0.05, 0.1) is 24.5 Å². The van der Waals surface area contributed by atoms with Crippen LogP contribution < -0.4 is 0 Å². The van der Waals surface area contributed by atoms with Crippen LogP contribution in [0.25, 0.3) is 11.6 Å². The number of rotatable bonds is 6. The maximum absolute atomic E-state index is 13.7. The lowest BCUT2D eigenvalue weighted by atomic mass is 9.70. The van der Waals surface area contributed by atoms with Gasteiger partial charge in [0.15, 0.2) is 0 Å². The summed E-state index contributed by atoms with van der Waals surface area (Å²) in [5.74, 6) is 0.0160. The molecule has 0 aromatic heterocycles. The molecule has 0 bridgehead atoms. The van der Waals surface area contributed by atoms with Crippen LogP contribution in [0.5, 0.6) is 5.75 Å². The number of phenolic OH excluding ortho intramolecular Hbond substituents is 1. The number of imide groups is 1. The summed E-state index contributed by atoms with van der Waals surface area (Å²) in [6, 6.07) is 14.6. The number of likely N-dealkylation sites (tertiary alicyclic amines) is 1. The van der Waals surface area contributed by atoms with E-state index >= 15 is 0 Å². The fourth-order valence-electron chi connectivity index (χ4n) is 7.87. The van der Waals surface area contributed by atoms with Gasteiger partial charge >= 0.3 is 0 Å². The molecule has 4 atom stereocenters. The summed E-state index contributed by atoms with van der Waals surface area (Å²) in [5.41, 5.74) is 7.74. The lowest BCUT2D eigenvalue weighted by molar-refractivity contribution is -0.143. The minimum Gasteiger partial charge on any atom is -0.507 e. The van der Waals surface area contributed by atoms with E-state index in [0.717, 1.165) is 55.2 Å². The summed E-state index contributed by atoms with van der Waals surface area (Å²) < 4.78 is 6.43. The lowest BCUT2D eigenvalue weighted by Crippen LogP contribution is -2.42. The molecule has 2 saturated heterocycles. The van der Waals surface area contributed by atoms with Crippen LogP contribution in [-0.2, 0) is 14.3 Å². The minimum atomic E-state index is -0.259. The Morgan fingerprint density at radius 1 is 0.975 bits per heavy atom. The molecule has 6 rings (SSSR count). The molecule has 0 radical (unpaired) electrons. The second-order valence-corrected chi connectivity index (χ2v) is 12.4. The van der Waals surface area contributed by atoms with Crippen molar-refractivity contribution < 1.29 is 19.4 Å². The van der Waals surface area contributed by atoms with Gasteiger partial charge in [-0.25, -0.2) is 0 Å². The topological polar surface area (TPSA) is 66.8 Å². The summed E-state index contributed by atoms with van der Waals surface area (Å²) in [6.45, 7) is 6.54. The molecule has 3 fully saturated rings. The Balaban J connectivity index is 1.23. The molecule has 2 aliphatic carbocycles. The van der Waals surface area contributed by atoms with Crippen molar-refractivity contribution in [2.24, 2.45) is 17.8 Å². The number of phenols is 1. The first-order valence-corrected chi connectivity index (χ1v) is 15.1. The number of carbonyl (C=O) groups excluding carboxylic acids is 2. The predicted octanol–water partition coefficient (Wildman–Crippen LogP) is 7.00. The number of hydrogen-bond donors (Lipinski definition) is 1. The van der Waals surface area contributed by atoms with E-state index in [1.807, 2.05) is 32.0 Å². The highest BCUT2D eigenvalue weighted by Gasteiger charge is 2.57. The number of nitrogens with zero attached hydrogens (tertiary/aromatic N) is 1.